The number of fused-ring (bicyclic) bond motifs is 2. The van der Waals surface area contributed by atoms with Crippen LogP contribution in [0.15, 0.2) is 67.1 Å². The summed E-state index contributed by atoms with van der Waals surface area (Å²) in [6.45, 7) is 6.78. The van der Waals surface area contributed by atoms with Gasteiger partial charge >= 0.3 is 0 Å². The van der Waals surface area contributed by atoms with Crippen molar-refractivity contribution >= 4 is 33.9 Å². The van der Waals surface area contributed by atoms with Crippen molar-refractivity contribution in [2.75, 3.05) is 18.8 Å². The van der Waals surface area contributed by atoms with Crippen LogP contribution in [0.5, 0.6) is 0 Å². The summed E-state index contributed by atoms with van der Waals surface area (Å²) < 4.78 is 3.48. The summed E-state index contributed by atoms with van der Waals surface area (Å²) in [5.74, 6) is -0.311. The van der Waals surface area contributed by atoms with Crippen LogP contribution < -0.4 is 5.73 Å². The molecule has 1 amide bonds. The van der Waals surface area contributed by atoms with Crippen molar-refractivity contribution in [2.24, 2.45) is 5.92 Å². The van der Waals surface area contributed by atoms with Crippen LogP contribution in [0.25, 0.3) is 27.5 Å². The normalized spacial score (nSPS) is 12.2. The number of ketones is 1. The number of aromatic nitrogens is 5. The molecule has 9 heteroatoms. The Labute approximate surface area is 214 Å². The van der Waals surface area contributed by atoms with E-state index in [2.05, 4.69) is 22.2 Å². The lowest BCUT2D eigenvalue weighted by Crippen LogP contribution is -2.35. The molecule has 1 atom stereocenters. The summed E-state index contributed by atoms with van der Waals surface area (Å²) in [5.41, 5.74) is 10.9. The van der Waals surface area contributed by atoms with Crippen molar-refractivity contribution < 1.29 is 9.59 Å². The molecule has 3 aromatic heterocycles. The fraction of sp³-hybridized carbons (Fsp3) is 0.250. The SMILES string of the molecule is CCN(CC(C)C(=O)c1cc(-c2ccc3cn(Cc4ccccc4)nc3c2)c2c(N)ncnn12)C(C)=O. The number of carbonyl (C=O) groups excluding carboxylic acids is 2. The number of amides is 1. The van der Waals surface area contributed by atoms with Crippen LogP contribution in [0.4, 0.5) is 5.82 Å². The molecular weight excluding hydrogens is 466 g/mol. The van der Waals surface area contributed by atoms with E-state index in [1.807, 2.05) is 67.2 Å². The van der Waals surface area contributed by atoms with Crippen LogP contribution in [0, 0.1) is 5.92 Å². The lowest BCUT2D eigenvalue weighted by atomic mass is 10.0. The Morgan fingerprint density at radius 1 is 1.11 bits per heavy atom. The highest BCUT2D eigenvalue weighted by atomic mass is 16.2. The number of anilines is 1. The van der Waals surface area contributed by atoms with Gasteiger partial charge in [0, 0.05) is 43.1 Å². The lowest BCUT2D eigenvalue weighted by molar-refractivity contribution is -0.128. The number of benzene rings is 2. The number of Topliss-reactive ketones (excluding diaryl/α,β-unsaturated/α-hetero) is 1. The van der Waals surface area contributed by atoms with E-state index in [1.54, 1.807) is 9.42 Å². The number of carbonyl (C=O) groups is 2. The van der Waals surface area contributed by atoms with Crippen LogP contribution in [0.1, 0.15) is 36.8 Å². The Morgan fingerprint density at radius 3 is 2.62 bits per heavy atom. The molecule has 0 aliphatic rings. The van der Waals surface area contributed by atoms with Gasteiger partial charge in [-0.05, 0) is 30.2 Å². The third-order valence-corrected chi connectivity index (χ3v) is 6.66. The van der Waals surface area contributed by atoms with Crippen LogP contribution in [-0.4, -0.2) is 54.1 Å². The predicted molar refractivity (Wildman–Crippen MR) is 143 cm³/mol. The average Bonchev–Trinajstić information content (AvgIpc) is 3.48. The summed E-state index contributed by atoms with van der Waals surface area (Å²) in [6.07, 6.45) is 3.36. The Balaban J connectivity index is 1.53. The van der Waals surface area contributed by atoms with Gasteiger partial charge in [0.05, 0.1) is 12.1 Å². The van der Waals surface area contributed by atoms with Crippen molar-refractivity contribution in [2.45, 2.75) is 27.3 Å². The van der Waals surface area contributed by atoms with Gasteiger partial charge in [-0.2, -0.15) is 10.2 Å². The zero-order valence-corrected chi connectivity index (χ0v) is 21.1. The smallest absolute Gasteiger partial charge is 0.219 e. The molecule has 0 aliphatic heterocycles. The highest BCUT2D eigenvalue weighted by Gasteiger charge is 2.25. The minimum Gasteiger partial charge on any atom is -0.382 e. The van der Waals surface area contributed by atoms with Crippen molar-refractivity contribution in [3.05, 3.63) is 78.4 Å². The molecule has 0 radical (unpaired) electrons. The summed E-state index contributed by atoms with van der Waals surface area (Å²) >= 11 is 0. The van der Waals surface area contributed by atoms with Crippen LogP contribution in [-0.2, 0) is 11.3 Å². The third kappa shape index (κ3) is 4.67. The van der Waals surface area contributed by atoms with E-state index < -0.39 is 5.92 Å². The van der Waals surface area contributed by atoms with E-state index in [0.29, 0.717) is 30.8 Å². The molecule has 188 valence electrons. The molecule has 9 nitrogen and oxygen atoms in total. The maximum atomic E-state index is 13.5. The Kier molecular flexibility index (Phi) is 6.43. The van der Waals surface area contributed by atoms with Gasteiger partial charge in [-0.25, -0.2) is 9.50 Å². The van der Waals surface area contributed by atoms with Gasteiger partial charge < -0.3 is 10.6 Å². The summed E-state index contributed by atoms with van der Waals surface area (Å²) in [7, 11) is 0. The minimum atomic E-state index is -0.415. The maximum Gasteiger partial charge on any atom is 0.219 e. The van der Waals surface area contributed by atoms with E-state index >= 15 is 0 Å². The first-order chi connectivity index (χ1) is 17.9. The van der Waals surface area contributed by atoms with E-state index in [9.17, 15) is 9.59 Å². The Hall–Kier alpha value is -4.53. The fourth-order valence-electron chi connectivity index (χ4n) is 4.70. The van der Waals surface area contributed by atoms with Crippen molar-refractivity contribution in [1.82, 2.24) is 29.3 Å². The second kappa shape index (κ2) is 9.85. The highest BCUT2D eigenvalue weighted by Crippen LogP contribution is 2.33. The molecule has 0 saturated heterocycles. The van der Waals surface area contributed by atoms with E-state index in [0.717, 1.165) is 22.0 Å². The molecule has 0 saturated carbocycles. The third-order valence-electron chi connectivity index (χ3n) is 6.66. The lowest BCUT2D eigenvalue weighted by Gasteiger charge is -2.22. The number of nitrogens with zero attached hydrogens (tertiary/aromatic N) is 6. The molecule has 0 aliphatic carbocycles. The molecule has 1 unspecified atom stereocenters. The van der Waals surface area contributed by atoms with Crippen LogP contribution >= 0.6 is 0 Å². The zero-order chi connectivity index (χ0) is 26.1. The van der Waals surface area contributed by atoms with Gasteiger partial charge in [-0.1, -0.05) is 49.4 Å². The first-order valence-corrected chi connectivity index (χ1v) is 12.3. The predicted octanol–water partition coefficient (Wildman–Crippen LogP) is 4.06. The number of hydrogen-bond donors (Lipinski definition) is 1. The van der Waals surface area contributed by atoms with Crippen molar-refractivity contribution in [3.8, 4) is 11.1 Å². The summed E-state index contributed by atoms with van der Waals surface area (Å²) in [5, 5.41) is 10.1. The number of nitrogens with two attached hydrogens (primary N) is 1. The second-order valence-corrected chi connectivity index (χ2v) is 9.26. The van der Waals surface area contributed by atoms with Gasteiger partial charge in [0.2, 0.25) is 5.91 Å². The van der Waals surface area contributed by atoms with Crippen LogP contribution in [0.2, 0.25) is 0 Å². The van der Waals surface area contributed by atoms with E-state index in [-0.39, 0.29) is 17.5 Å². The molecule has 5 rings (SSSR count). The van der Waals surface area contributed by atoms with Gasteiger partial charge in [0.15, 0.2) is 11.6 Å². The fourth-order valence-corrected chi connectivity index (χ4v) is 4.70. The Morgan fingerprint density at radius 2 is 1.89 bits per heavy atom. The van der Waals surface area contributed by atoms with Crippen molar-refractivity contribution in [1.29, 1.82) is 0 Å². The Bertz CT molecular complexity index is 1600. The topological polar surface area (TPSA) is 111 Å². The molecule has 0 fully saturated rings. The number of hydrogen-bond acceptors (Lipinski definition) is 6. The summed E-state index contributed by atoms with van der Waals surface area (Å²) in [4.78, 5) is 31.2. The molecule has 0 spiro atoms. The molecule has 2 aromatic carbocycles. The molecule has 5 aromatic rings. The molecule has 3 heterocycles. The number of rotatable bonds is 8. The quantitative estimate of drug-likeness (QED) is 0.325. The van der Waals surface area contributed by atoms with Gasteiger partial charge in [-0.3, -0.25) is 14.3 Å². The average molecular weight is 496 g/mol. The second-order valence-electron chi connectivity index (χ2n) is 9.26. The maximum absolute atomic E-state index is 13.5. The largest absolute Gasteiger partial charge is 0.382 e. The monoisotopic (exact) mass is 495 g/mol. The first kappa shape index (κ1) is 24.2. The number of nitrogen functional groups attached to an aromatic ring is 1. The highest BCUT2D eigenvalue weighted by molar-refractivity contribution is 6.02. The molecule has 2 N–H and O–H groups in total. The van der Waals surface area contributed by atoms with Gasteiger partial charge in [-0.15, -0.1) is 0 Å². The van der Waals surface area contributed by atoms with Gasteiger partial charge in [0.25, 0.3) is 0 Å². The summed E-state index contributed by atoms with van der Waals surface area (Å²) in [6, 6.07) is 18.0. The first-order valence-electron chi connectivity index (χ1n) is 12.3. The van der Waals surface area contributed by atoms with Crippen LogP contribution in [0.3, 0.4) is 0 Å². The molecule has 0 bridgehead atoms. The molecular formula is C28H29N7O2. The van der Waals surface area contributed by atoms with E-state index in [4.69, 9.17) is 10.8 Å². The van der Waals surface area contributed by atoms with Gasteiger partial charge in [0.1, 0.15) is 17.5 Å². The van der Waals surface area contributed by atoms with Crippen molar-refractivity contribution in [3.63, 3.8) is 0 Å². The zero-order valence-electron chi connectivity index (χ0n) is 21.1. The standard InChI is InChI=1S/C28H29N7O2/c1-4-33(19(3)36)14-18(2)27(37)25-13-23(26-28(29)30-17-31-35(25)26)21-10-11-22-16-34(32-24(22)12-21)15-20-8-6-5-7-9-20/h5-13,16-18H,4,14-15H2,1-3H3,(H2,29,30,31). The minimum absolute atomic E-state index is 0.0607. The van der Waals surface area contributed by atoms with E-state index in [1.165, 1.54) is 18.8 Å². The molecule has 37 heavy (non-hydrogen) atoms.